The summed E-state index contributed by atoms with van der Waals surface area (Å²) in [5.74, 6) is 0.703. The van der Waals surface area contributed by atoms with E-state index in [9.17, 15) is 4.79 Å². The van der Waals surface area contributed by atoms with Gasteiger partial charge in [0.15, 0.2) is 0 Å². The van der Waals surface area contributed by atoms with Gasteiger partial charge in [-0.3, -0.25) is 4.79 Å². The summed E-state index contributed by atoms with van der Waals surface area (Å²) in [5, 5.41) is 11.5. The van der Waals surface area contributed by atoms with Gasteiger partial charge in [0.25, 0.3) is 0 Å². The van der Waals surface area contributed by atoms with Crippen molar-refractivity contribution in [3.8, 4) is 0 Å². The zero-order valence-corrected chi connectivity index (χ0v) is 9.09. The molecule has 2 rings (SSSR count). The molecule has 1 aliphatic rings. The predicted molar refractivity (Wildman–Crippen MR) is 59.8 cm³/mol. The van der Waals surface area contributed by atoms with E-state index in [4.69, 9.17) is 5.11 Å². The molecular formula is C11H13NO2S. The lowest BCUT2D eigenvalue weighted by molar-refractivity contribution is -0.124. The molecule has 15 heavy (non-hydrogen) atoms. The van der Waals surface area contributed by atoms with Crippen LogP contribution in [0.3, 0.4) is 0 Å². The third kappa shape index (κ3) is 2.33. The van der Waals surface area contributed by atoms with Crippen LogP contribution >= 0.6 is 11.8 Å². The van der Waals surface area contributed by atoms with Crippen molar-refractivity contribution in [2.45, 2.75) is 17.4 Å². The Morgan fingerprint density at radius 2 is 2.33 bits per heavy atom. The Kier molecular flexibility index (Phi) is 3.28. The van der Waals surface area contributed by atoms with Gasteiger partial charge in [0.05, 0.1) is 6.04 Å². The molecule has 0 spiro atoms. The van der Waals surface area contributed by atoms with Gasteiger partial charge in [0.1, 0.15) is 6.61 Å². The van der Waals surface area contributed by atoms with Crippen molar-refractivity contribution >= 4 is 17.7 Å². The van der Waals surface area contributed by atoms with Crippen LogP contribution in [0.15, 0.2) is 29.2 Å². The first kappa shape index (κ1) is 10.5. The lowest BCUT2D eigenvalue weighted by Gasteiger charge is -2.25. The topological polar surface area (TPSA) is 49.3 Å². The number of carbonyl (C=O) groups excluding carboxylic acids is 1. The van der Waals surface area contributed by atoms with Crippen LogP contribution in [-0.4, -0.2) is 23.4 Å². The second-order valence-electron chi connectivity index (χ2n) is 3.45. The zero-order valence-electron chi connectivity index (χ0n) is 8.27. The normalized spacial score (nSPS) is 19.4. The molecule has 0 aliphatic carbocycles. The number of carbonyl (C=O) groups is 1. The van der Waals surface area contributed by atoms with Crippen LogP contribution < -0.4 is 5.32 Å². The molecule has 80 valence electrons. The first-order valence-corrected chi connectivity index (χ1v) is 5.92. The van der Waals surface area contributed by atoms with Crippen LogP contribution in [0.4, 0.5) is 0 Å². The van der Waals surface area contributed by atoms with E-state index in [2.05, 4.69) is 11.4 Å². The van der Waals surface area contributed by atoms with E-state index in [1.807, 2.05) is 30.0 Å². The average molecular weight is 223 g/mol. The molecule has 0 fully saturated rings. The number of hydrogen-bond donors (Lipinski definition) is 2. The number of aliphatic hydroxyl groups excluding tert-OH is 1. The van der Waals surface area contributed by atoms with E-state index in [1.165, 1.54) is 4.90 Å². The Hall–Kier alpha value is -1.00. The van der Waals surface area contributed by atoms with Crippen LogP contribution in [0.2, 0.25) is 0 Å². The molecule has 1 aromatic carbocycles. The fourth-order valence-electron chi connectivity index (χ4n) is 1.73. The monoisotopic (exact) mass is 223 g/mol. The van der Waals surface area contributed by atoms with Crippen molar-refractivity contribution in [2.75, 3.05) is 12.4 Å². The smallest absolute Gasteiger partial charge is 0.246 e. The summed E-state index contributed by atoms with van der Waals surface area (Å²) in [6, 6.07) is 8.13. The fourth-order valence-corrected chi connectivity index (χ4v) is 2.86. The molecule has 1 atom stereocenters. The molecule has 1 amide bonds. The Morgan fingerprint density at radius 3 is 3.13 bits per heavy atom. The fraction of sp³-hybridized carbons (Fsp3) is 0.364. The lowest BCUT2D eigenvalue weighted by atomic mass is 10.0. The Bertz CT molecular complexity index is 367. The van der Waals surface area contributed by atoms with E-state index in [0.717, 1.165) is 17.7 Å². The summed E-state index contributed by atoms with van der Waals surface area (Å²) in [6.45, 7) is -0.439. The van der Waals surface area contributed by atoms with Crippen molar-refractivity contribution in [3.63, 3.8) is 0 Å². The van der Waals surface area contributed by atoms with Gasteiger partial charge >= 0.3 is 0 Å². The van der Waals surface area contributed by atoms with Crippen LogP contribution in [0, 0.1) is 0 Å². The standard InChI is InChI=1S/C11H13NO2S/c13-7-11(14)12-9-5-6-15-10-4-2-1-3-8(9)10/h1-4,9,13H,5-7H2,(H,12,14). The van der Waals surface area contributed by atoms with Crippen LogP contribution in [0.1, 0.15) is 18.0 Å². The van der Waals surface area contributed by atoms with E-state index in [-0.39, 0.29) is 11.9 Å². The van der Waals surface area contributed by atoms with Crippen molar-refractivity contribution in [3.05, 3.63) is 29.8 Å². The van der Waals surface area contributed by atoms with Crippen LogP contribution in [-0.2, 0) is 4.79 Å². The maximum atomic E-state index is 11.1. The van der Waals surface area contributed by atoms with Crippen molar-refractivity contribution in [1.82, 2.24) is 5.32 Å². The highest BCUT2D eigenvalue weighted by atomic mass is 32.2. The molecule has 1 heterocycles. The van der Waals surface area contributed by atoms with Gasteiger partial charge in [-0.1, -0.05) is 18.2 Å². The van der Waals surface area contributed by atoms with Crippen molar-refractivity contribution in [1.29, 1.82) is 0 Å². The molecule has 0 radical (unpaired) electrons. The van der Waals surface area contributed by atoms with E-state index < -0.39 is 6.61 Å². The van der Waals surface area contributed by atoms with Crippen molar-refractivity contribution < 1.29 is 9.90 Å². The molecule has 0 saturated heterocycles. The Balaban J connectivity index is 2.18. The number of aliphatic hydroxyl groups is 1. The van der Waals surface area contributed by atoms with Crippen LogP contribution in [0.25, 0.3) is 0 Å². The summed E-state index contributed by atoms with van der Waals surface area (Å²) in [4.78, 5) is 12.4. The minimum Gasteiger partial charge on any atom is -0.387 e. The van der Waals surface area contributed by atoms with Gasteiger partial charge < -0.3 is 10.4 Å². The highest BCUT2D eigenvalue weighted by Crippen LogP contribution is 2.35. The molecule has 1 aliphatic heterocycles. The highest BCUT2D eigenvalue weighted by molar-refractivity contribution is 7.99. The molecule has 1 aromatic rings. The first-order valence-electron chi connectivity index (χ1n) is 4.93. The third-order valence-electron chi connectivity index (χ3n) is 2.44. The van der Waals surface area contributed by atoms with Gasteiger partial charge in [0, 0.05) is 10.6 Å². The number of rotatable bonds is 2. The maximum absolute atomic E-state index is 11.1. The molecular weight excluding hydrogens is 210 g/mol. The van der Waals surface area contributed by atoms with Crippen molar-refractivity contribution in [2.24, 2.45) is 0 Å². The van der Waals surface area contributed by atoms with Gasteiger partial charge in [-0.2, -0.15) is 0 Å². The number of benzene rings is 1. The molecule has 4 heteroatoms. The molecule has 0 saturated carbocycles. The quantitative estimate of drug-likeness (QED) is 0.795. The summed E-state index contributed by atoms with van der Waals surface area (Å²) in [5.41, 5.74) is 1.16. The molecule has 0 aromatic heterocycles. The predicted octanol–water partition coefficient (Wildman–Crippen LogP) is 1.33. The van der Waals surface area contributed by atoms with Gasteiger partial charge in [-0.25, -0.2) is 0 Å². The van der Waals surface area contributed by atoms with E-state index in [0.29, 0.717) is 0 Å². The molecule has 3 nitrogen and oxygen atoms in total. The average Bonchev–Trinajstić information content (AvgIpc) is 2.29. The zero-order chi connectivity index (χ0) is 10.7. The molecule has 1 unspecified atom stereocenters. The van der Waals surface area contributed by atoms with Gasteiger partial charge in [0.2, 0.25) is 5.91 Å². The van der Waals surface area contributed by atoms with E-state index in [1.54, 1.807) is 0 Å². The summed E-state index contributed by atoms with van der Waals surface area (Å²) < 4.78 is 0. The first-order chi connectivity index (χ1) is 7.31. The minimum atomic E-state index is -0.439. The molecule has 0 bridgehead atoms. The Morgan fingerprint density at radius 1 is 1.53 bits per heavy atom. The highest BCUT2D eigenvalue weighted by Gasteiger charge is 2.21. The number of thioether (sulfide) groups is 1. The number of amides is 1. The number of hydrogen-bond acceptors (Lipinski definition) is 3. The Labute approximate surface area is 92.9 Å². The minimum absolute atomic E-state index is 0.0575. The van der Waals surface area contributed by atoms with Gasteiger partial charge in [-0.15, -0.1) is 11.8 Å². The molecule has 2 N–H and O–H groups in total. The summed E-state index contributed by atoms with van der Waals surface area (Å²) in [6.07, 6.45) is 0.924. The number of fused-ring (bicyclic) bond motifs is 1. The second-order valence-corrected chi connectivity index (χ2v) is 4.59. The summed E-state index contributed by atoms with van der Waals surface area (Å²) >= 11 is 1.81. The second kappa shape index (κ2) is 4.68. The third-order valence-corrected chi connectivity index (χ3v) is 3.56. The van der Waals surface area contributed by atoms with E-state index >= 15 is 0 Å². The maximum Gasteiger partial charge on any atom is 0.246 e. The van der Waals surface area contributed by atoms with Gasteiger partial charge in [-0.05, 0) is 18.1 Å². The lowest BCUT2D eigenvalue weighted by Crippen LogP contribution is -2.32. The SMILES string of the molecule is O=C(CO)NC1CCSc2ccccc21. The largest absolute Gasteiger partial charge is 0.387 e. The number of nitrogens with one attached hydrogen (secondary N) is 1. The summed E-state index contributed by atoms with van der Waals surface area (Å²) in [7, 11) is 0. The van der Waals surface area contributed by atoms with Crippen LogP contribution in [0.5, 0.6) is 0 Å².